The number of hydrogen-bond acceptors (Lipinski definition) is 5. The largest absolute Gasteiger partial charge is 0.370 e. The zero-order chi connectivity index (χ0) is 13.9. The van der Waals surface area contributed by atoms with Gasteiger partial charge in [0.05, 0.1) is 0 Å². The van der Waals surface area contributed by atoms with Gasteiger partial charge in [0.15, 0.2) is 0 Å². The molecular weight excluding hydrogens is 252 g/mol. The topological polar surface area (TPSA) is 81.1 Å². The lowest BCUT2D eigenvalue weighted by molar-refractivity contribution is 0.255. The summed E-state index contributed by atoms with van der Waals surface area (Å²) in [4.78, 5) is 8.50. The number of rotatable bonds is 4. The first kappa shape index (κ1) is 13.3. The highest BCUT2D eigenvalue weighted by Crippen LogP contribution is 2.29. The third kappa shape index (κ3) is 2.60. The molecule has 2 aromatic rings. The Morgan fingerprint density at radius 2 is 2.15 bits per heavy atom. The summed E-state index contributed by atoms with van der Waals surface area (Å²) in [6.45, 7) is 3.71. The Hall–Kier alpha value is -1.69. The third-order valence-electron chi connectivity index (χ3n) is 4.29. The van der Waals surface area contributed by atoms with Crippen LogP contribution in [0.5, 0.6) is 0 Å². The number of fused-ring (bicyclic) bond motifs is 1. The smallest absolute Gasteiger partial charge is 0.254 e. The average molecular weight is 274 g/mol. The summed E-state index contributed by atoms with van der Waals surface area (Å²) in [5, 5.41) is 7.73. The van der Waals surface area contributed by atoms with Gasteiger partial charge in [0.1, 0.15) is 12.1 Å². The predicted octanol–water partition coefficient (Wildman–Crippen LogP) is 1.61. The maximum absolute atomic E-state index is 5.90. The van der Waals surface area contributed by atoms with Gasteiger partial charge in [-0.2, -0.15) is 14.6 Å². The lowest BCUT2D eigenvalue weighted by atomic mass is 9.79. The maximum Gasteiger partial charge on any atom is 0.254 e. The Morgan fingerprint density at radius 1 is 1.35 bits per heavy atom. The normalized spacial score (nSPS) is 23.1. The second-order valence-electron chi connectivity index (χ2n) is 5.68. The van der Waals surface area contributed by atoms with Gasteiger partial charge in [-0.25, -0.2) is 4.98 Å². The van der Waals surface area contributed by atoms with Crippen molar-refractivity contribution in [3.05, 3.63) is 18.1 Å². The van der Waals surface area contributed by atoms with Gasteiger partial charge >= 0.3 is 0 Å². The molecule has 0 aromatic carbocycles. The molecule has 1 aliphatic carbocycles. The first-order valence-corrected chi connectivity index (χ1v) is 7.39. The van der Waals surface area contributed by atoms with Gasteiger partial charge in [-0.1, -0.05) is 12.8 Å². The highest BCUT2D eigenvalue weighted by Gasteiger charge is 2.23. The van der Waals surface area contributed by atoms with E-state index in [4.69, 9.17) is 5.73 Å². The van der Waals surface area contributed by atoms with Gasteiger partial charge in [-0.3, -0.25) is 0 Å². The van der Waals surface area contributed by atoms with Crippen molar-refractivity contribution in [2.45, 2.75) is 32.6 Å². The Kier molecular flexibility index (Phi) is 3.82. The van der Waals surface area contributed by atoms with E-state index in [0.29, 0.717) is 17.6 Å². The first-order valence-electron chi connectivity index (χ1n) is 7.39. The summed E-state index contributed by atoms with van der Waals surface area (Å²) in [5.41, 5.74) is 6.85. The van der Waals surface area contributed by atoms with Crippen LogP contribution in [0.4, 0.5) is 5.82 Å². The molecular formula is C14H22N6. The number of nitrogens with one attached hydrogen (secondary N) is 1. The zero-order valence-electron chi connectivity index (χ0n) is 11.9. The van der Waals surface area contributed by atoms with Crippen molar-refractivity contribution in [1.82, 2.24) is 19.6 Å². The number of aromatic nitrogens is 4. The molecule has 1 aliphatic rings. The van der Waals surface area contributed by atoms with Crippen LogP contribution >= 0.6 is 0 Å². The Bertz CT molecular complexity index is 578. The molecule has 3 N–H and O–H groups in total. The van der Waals surface area contributed by atoms with Crippen LogP contribution in [0.3, 0.4) is 0 Å². The summed E-state index contributed by atoms with van der Waals surface area (Å²) < 4.78 is 1.76. The zero-order valence-corrected chi connectivity index (χ0v) is 11.9. The number of nitrogens with zero attached hydrogens (tertiary/aromatic N) is 4. The number of aryl methyl sites for hydroxylation is 1. The second-order valence-corrected chi connectivity index (χ2v) is 5.68. The molecule has 108 valence electrons. The molecule has 2 atom stereocenters. The molecule has 2 heterocycles. The van der Waals surface area contributed by atoms with E-state index >= 15 is 0 Å². The quantitative estimate of drug-likeness (QED) is 0.885. The molecule has 1 saturated carbocycles. The molecule has 20 heavy (non-hydrogen) atoms. The molecule has 0 spiro atoms. The lowest BCUT2D eigenvalue weighted by Gasteiger charge is -2.31. The van der Waals surface area contributed by atoms with Gasteiger partial charge in [0.25, 0.3) is 5.78 Å². The Labute approximate surface area is 118 Å². The minimum absolute atomic E-state index is 0.644. The summed E-state index contributed by atoms with van der Waals surface area (Å²) in [6, 6.07) is 2.02. The maximum atomic E-state index is 5.90. The van der Waals surface area contributed by atoms with Crippen LogP contribution < -0.4 is 11.1 Å². The van der Waals surface area contributed by atoms with Crippen LogP contribution in [-0.2, 0) is 0 Å². The minimum Gasteiger partial charge on any atom is -0.370 e. The van der Waals surface area contributed by atoms with Crippen LogP contribution in [0.15, 0.2) is 12.4 Å². The first-order chi connectivity index (χ1) is 9.78. The van der Waals surface area contributed by atoms with E-state index in [1.54, 1.807) is 4.52 Å². The molecule has 0 aliphatic heterocycles. The van der Waals surface area contributed by atoms with Crippen molar-refractivity contribution < 1.29 is 0 Å². The van der Waals surface area contributed by atoms with Crippen LogP contribution in [0.2, 0.25) is 0 Å². The predicted molar refractivity (Wildman–Crippen MR) is 78.5 cm³/mol. The van der Waals surface area contributed by atoms with Crippen molar-refractivity contribution >= 4 is 11.6 Å². The molecule has 1 fully saturated rings. The molecule has 0 bridgehead atoms. The summed E-state index contributed by atoms with van der Waals surface area (Å²) >= 11 is 0. The lowest BCUT2D eigenvalue weighted by Crippen LogP contribution is -2.31. The van der Waals surface area contributed by atoms with E-state index in [9.17, 15) is 0 Å². The molecule has 0 radical (unpaired) electrons. The van der Waals surface area contributed by atoms with Gasteiger partial charge in [0.2, 0.25) is 0 Å². The number of hydrogen-bond donors (Lipinski definition) is 2. The number of nitrogens with two attached hydrogens (primary N) is 1. The highest BCUT2D eigenvalue weighted by molar-refractivity contribution is 5.44. The van der Waals surface area contributed by atoms with Gasteiger partial charge in [-0.15, -0.1) is 0 Å². The standard InChI is InChI=1S/C14H22N6/c1-10-6-13(20-14(19-10)17-9-18-20)16-8-12-5-3-2-4-11(12)7-15/h6,9,11-12,16H,2-5,7-8,15H2,1H3. The SMILES string of the molecule is Cc1cc(NCC2CCCCC2CN)n2ncnc2n1. The Balaban J connectivity index is 1.74. The van der Waals surface area contributed by atoms with Crippen LogP contribution in [0, 0.1) is 18.8 Å². The molecule has 3 rings (SSSR count). The van der Waals surface area contributed by atoms with Gasteiger partial charge in [0, 0.05) is 18.3 Å². The fraction of sp³-hybridized carbons (Fsp3) is 0.643. The van der Waals surface area contributed by atoms with Crippen molar-refractivity contribution in [2.75, 3.05) is 18.4 Å². The average Bonchev–Trinajstić information content (AvgIpc) is 2.93. The summed E-state index contributed by atoms with van der Waals surface area (Å²) in [7, 11) is 0. The minimum atomic E-state index is 0.644. The van der Waals surface area contributed by atoms with E-state index in [-0.39, 0.29) is 0 Å². The highest BCUT2D eigenvalue weighted by atomic mass is 15.3. The van der Waals surface area contributed by atoms with E-state index in [0.717, 1.165) is 24.6 Å². The Morgan fingerprint density at radius 3 is 2.95 bits per heavy atom. The summed E-state index contributed by atoms with van der Waals surface area (Å²) in [5.74, 6) is 2.91. The van der Waals surface area contributed by atoms with Crippen LogP contribution in [0.25, 0.3) is 5.78 Å². The molecule has 2 aromatic heterocycles. The van der Waals surface area contributed by atoms with Crippen LogP contribution in [0.1, 0.15) is 31.4 Å². The molecule has 6 nitrogen and oxygen atoms in total. The third-order valence-corrected chi connectivity index (χ3v) is 4.29. The van der Waals surface area contributed by atoms with Crippen molar-refractivity contribution in [2.24, 2.45) is 17.6 Å². The molecule has 6 heteroatoms. The van der Waals surface area contributed by atoms with Crippen molar-refractivity contribution in [3.63, 3.8) is 0 Å². The molecule has 0 saturated heterocycles. The van der Waals surface area contributed by atoms with Gasteiger partial charge in [-0.05, 0) is 38.1 Å². The van der Waals surface area contributed by atoms with Crippen molar-refractivity contribution in [1.29, 1.82) is 0 Å². The second kappa shape index (κ2) is 5.75. The van der Waals surface area contributed by atoms with E-state index in [2.05, 4.69) is 20.4 Å². The molecule has 2 unspecified atom stereocenters. The fourth-order valence-corrected chi connectivity index (χ4v) is 3.16. The van der Waals surface area contributed by atoms with E-state index in [1.807, 2.05) is 13.0 Å². The van der Waals surface area contributed by atoms with Gasteiger partial charge < -0.3 is 11.1 Å². The van der Waals surface area contributed by atoms with E-state index in [1.165, 1.54) is 32.0 Å². The number of anilines is 1. The monoisotopic (exact) mass is 274 g/mol. The fourth-order valence-electron chi connectivity index (χ4n) is 3.16. The van der Waals surface area contributed by atoms with Crippen molar-refractivity contribution in [3.8, 4) is 0 Å². The molecule has 0 amide bonds. The summed E-state index contributed by atoms with van der Waals surface area (Å²) in [6.07, 6.45) is 6.70. The van der Waals surface area contributed by atoms with Crippen LogP contribution in [-0.4, -0.2) is 32.7 Å². The van der Waals surface area contributed by atoms with E-state index < -0.39 is 0 Å².